The first kappa shape index (κ1) is 4.23. The van der Waals surface area contributed by atoms with E-state index < -0.39 is 0 Å². The Bertz CT molecular complexity index is 182. The fourth-order valence-electron chi connectivity index (χ4n) is 0.356. The van der Waals surface area contributed by atoms with Crippen molar-refractivity contribution in [1.29, 1.82) is 0 Å². The number of rotatable bonds is 1. The topological polar surface area (TPSA) is 50.9 Å². The minimum Gasteiger partial charge on any atom is -0.285 e. The molecule has 40 valence electrons. The lowest BCUT2D eigenvalue weighted by molar-refractivity contribution is 0.0968. The Morgan fingerprint density at radius 3 is 2.71 bits per heavy atom. The van der Waals surface area contributed by atoms with Crippen molar-refractivity contribution in [3.05, 3.63) is 10.5 Å². The molecule has 0 amide bonds. The maximum atomic E-state index is 10.2. The van der Waals surface area contributed by atoms with Gasteiger partial charge in [-0.25, -0.2) is 4.79 Å². The van der Waals surface area contributed by atoms with Gasteiger partial charge in [0.15, 0.2) is 0 Å². The second-order valence-electron chi connectivity index (χ2n) is 1.19. The summed E-state index contributed by atoms with van der Waals surface area (Å²) < 4.78 is 5.65. The molecule has 0 saturated carbocycles. The van der Waals surface area contributed by atoms with Gasteiger partial charge < -0.3 is 0 Å². The number of hydrogen-bond acceptors (Lipinski definition) is 2. The van der Waals surface area contributed by atoms with Gasteiger partial charge in [0, 0.05) is 0 Å². The summed E-state index contributed by atoms with van der Waals surface area (Å²) >= 11 is 0. The summed E-state index contributed by atoms with van der Waals surface area (Å²) in [6.07, 6.45) is 0. The molecule has 0 atom stereocenters. The third-order valence-electron chi connectivity index (χ3n) is 0.757. The Morgan fingerprint density at radius 1 is 2.00 bits per heavy atom. The number of aromatic amines is 1. The molecule has 0 aliphatic heterocycles. The van der Waals surface area contributed by atoms with E-state index in [1.54, 1.807) is 0 Å². The second-order valence-corrected chi connectivity index (χ2v) is 1.19. The Balaban J connectivity index is 2.86. The number of aryl methyl sites for hydroxylation is 1. The van der Waals surface area contributed by atoms with E-state index in [1.165, 1.54) is 4.74 Å². The quantitative estimate of drug-likeness (QED) is 0.533. The maximum absolute atomic E-state index is 10.2. The summed E-state index contributed by atoms with van der Waals surface area (Å²) in [7, 11) is 0. The third kappa shape index (κ3) is 0.471. The zero-order valence-electron chi connectivity index (χ0n) is 3.97. The normalized spacial score (nSPS) is 9.86. The summed E-state index contributed by atoms with van der Waals surface area (Å²) in [5.74, 6) is 0. The van der Waals surface area contributed by atoms with E-state index in [0.29, 0.717) is 6.54 Å². The lowest BCUT2D eigenvalue weighted by Gasteiger charge is -1.97. The summed E-state index contributed by atoms with van der Waals surface area (Å²) in [6, 6.07) is 0. The summed E-state index contributed by atoms with van der Waals surface area (Å²) in [4.78, 5) is 10.2. The predicted molar refractivity (Wildman–Crippen MR) is 23.0 cm³/mol. The van der Waals surface area contributed by atoms with E-state index in [-0.39, 0.29) is 5.69 Å². The standard InChI is InChI=1S/C3H6N2O2/c1-2-5-3(6)4-7-5/h2H2,1H3,(H,4,6). The first-order valence-electron chi connectivity index (χ1n) is 2.09. The van der Waals surface area contributed by atoms with Gasteiger partial charge in [0.2, 0.25) is 0 Å². The van der Waals surface area contributed by atoms with Crippen LogP contribution in [0, 0.1) is 0 Å². The van der Waals surface area contributed by atoms with Crippen molar-refractivity contribution in [2.75, 3.05) is 0 Å². The van der Waals surface area contributed by atoms with Crippen LogP contribution in [0.15, 0.2) is 9.42 Å². The van der Waals surface area contributed by atoms with E-state index in [9.17, 15) is 4.79 Å². The van der Waals surface area contributed by atoms with Crippen molar-refractivity contribution in [3.8, 4) is 0 Å². The van der Waals surface area contributed by atoms with E-state index in [0.717, 1.165) is 0 Å². The molecule has 0 spiro atoms. The Morgan fingerprint density at radius 2 is 2.71 bits per heavy atom. The fourth-order valence-corrected chi connectivity index (χ4v) is 0.356. The van der Waals surface area contributed by atoms with Gasteiger partial charge in [0.25, 0.3) is 0 Å². The smallest absolute Gasteiger partial charge is 0.285 e. The van der Waals surface area contributed by atoms with E-state index in [1.807, 2.05) is 6.92 Å². The van der Waals surface area contributed by atoms with E-state index >= 15 is 0 Å². The molecule has 0 aromatic carbocycles. The van der Waals surface area contributed by atoms with Crippen LogP contribution in [0.5, 0.6) is 0 Å². The van der Waals surface area contributed by atoms with Crippen LogP contribution in [0.3, 0.4) is 0 Å². The Kier molecular flexibility index (Phi) is 0.780. The molecule has 7 heavy (non-hydrogen) atoms. The van der Waals surface area contributed by atoms with Gasteiger partial charge in [0.1, 0.15) is 0 Å². The number of nitrogens with zero attached hydrogens (tertiary/aromatic N) is 1. The molecule has 0 unspecified atom stereocenters. The molecule has 1 N–H and O–H groups in total. The molecule has 0 saturated heterocycles. The molecule has 0 aliphatic rings. The Hall–Kier alpha value is -0.930. The van der Waals surface area contributed by atoms with Crippen LogP contribution in [0.1, 0.15) is 6.92 Å². The first-order chi connectivity index (χ1) is 3.34. The van der Waals surface area contributed by atoms with Crippen LogP contribution in [0.25, 0.3) is 0 Å². The van der Waals surface area contributed by atoms with Crippen LogP contribution >= 0.6 is 0 Å². The van der Waals surface area contributed by atoms with Crippen LogP contribution < -0.4 is 5.69 Å². The third-order valence-corrected chi connectivity index (χ3v) is 0.757. The maximum Gasteiger partial charge on any atom is 0.387 e. The SMILES string of the molecule is CCn1o[nH]c1=O. The minimum absolute atomic E-state index is 0.164. The molecular weight excluding hydrogens is 96.0 g/mol. The highest BCUT2D eigenvalue weighted by Gasteiger charge is 1.93. The second kappa shape index (κ2) is 1.29. The van der Waals surface area contributed by atoms with Crippen molar-refractivity contribution in [2.45, 2.75) is 13.5 Å². The zero-order valence-corrected chi connectivity index (χ0v) is 3.97. The van der Waals surface area contributed by atoms with Crippen LogP contribution in [-0.2, 0) is 6.54 Å². The first-order valence-corrected chi connectivity index (χ1v) is 2.09. The highest BCUT2D eigenvalue weighted by atomic mass is 16.6. The molecule has 0 bridgehead atoms. The van der Waals surface area contributed by atoms with Gasteiger partial charge in [-0.2, -0.15) is 0 Å². The number of hydrogen-bond donors (Lipinski definition) is 1. The minimum atomic E-state index is -0.164. The molecular formula is C3H6N2O2. The van der Waals surface area contributed by atoms with Gasteiger partial charge in [-0.1, -0.05) is 0 Å². The highest BCUT2D eigenvalue weighted by Crippen LogP contribution is 1.71. The van der Waals surface area contributed by atoms with E-state index in [4.69, 9.17) is 0 Å². The van der Waals surface area contributed by atoms with Crippen molar-refractivity contribution in [2.24, 2.45) is 0 Å². The van der Waals surface area contributed by atoms with Crippen molar-refractivity contribution >= 4 is 0 Å². The van der Waals surface area contributed by atoms with Crippen LogP contribution in [-0.4, -0.2) is 9.90 Å². The lowest BCUT2D eigenvalue weighted by atomic mass is 10.8. The predicted octanol–water partition coefficient (Wildman–Crippen LogP) is -0.211. The molecule has 0 radical (unpaired) electrons. The van der Waals surface area contributed by atoms with Crippen molar-refractivity contribution in [1.82, 2.24) is 9.90 Å². The molecule has 1 aromatic heterocycles. The van der Waals surface area contributed by atoms with Crippen LogP contribution in [0.2, 0.25) is 0 Å². The zero-order chi connectivity index (χ0) is 5.28. The molecule has 1 heterocycles. The summed E-state index contributed by atoms with van der Waals surface area (Å²) in [6.45, 7) is 2.44. The average Bonchev–Trinajstić information content (AvgIpc) is 1.65. The van der Waals surface area contributed by atoms with Crippen molar-refractivity contribution in [3.63, 3.8) is 0 Å². The van der Waals surface area contributed by atoms with E-state index in [2.05, 4.69) is 9.79 Å². The van der Waals surface area contributed by atoms with Crippen molar-refractivity contribution < 1.29 is 4.63 Å². The van der Waals surface area contributed by atoms with Gasteiger partial charge >= 0.3 is 5.69 Å². The molecule has 1 aromatic rings. The summed E-state index contributed by atoms with van der Waals surface area (Å²) in [5, 5.41) is 2.10. The molecule has 4 heteroatoms. The molecule has 0 fully saturated rings. The van der Waals surface area contributed by atoms with Gasteiger partial charge in [-0.3, -0.25) is 4.63 Å². The molecule has 1 rings (SSSR count). The Labute approximate surface area is 39.7 Å². The average molecular weight is 102 g/mol. The van der Waals surface area contributed by atoms with Crippen LogP contribution in [0.4, 0.5) is 0 Å². The fraction of sp³-hybridized carbons (Fsp3) is 0.667. The number of H-pyrrole nitrogens is 1. The number of aromatic nitrogens is 2. The number of nitrogens with one attached hydrogen (secondary N) is 1. The molecule has 4 nitrogen and oxygen atoms in total. The highest BCUT2D eigenvalue weighted by molar-refractivity contribution is 4.45. The molecule has 0 aliphatic carbocycles. The largest absolute Gasteiger partial charge is 0.387 e. The summed E-state index contributed by atoms with van der Waals surface area (Å²) in [5.41, 5.74) is -0.164. The van der Waals surface area contributed by atoms with Gasteiger partial charge in [-0.15, -0.1) is 9.90 Å². The van der Waals surface area contributed by atoms with Gasteiger partial charge in [0.05, 0.1) is 6.54 Å². The van der Waals surface area contributed by atoms with Gasteiger partial charge in [-0.05, 0) is 6.92 Å². The lowest BCUT2D eigenvalue weighted by Crippen LogP contribution is -2.27. The monoisotopic (exact) mass is 102 g/mol.